The topological polar surface area (TPSA) is 71.0 Å². The third kappa shape index (κ3) is 2.49. The van der Waals surface area contributed by atoms with Crippen LogP contribution in [0.3, 0.4) is 0 Å². The van der Waals surface area contributed by atoms with Crippen LogP contribution < -0.4 is 10.1 Å². The van der Waals surface area contributed by atoms with E-state index in [9.17, 15) is 9.59 Å². The quantitative estimate of drug-likeness (QED) is 0.672. The van der Waals surface area contributed by atoms with E-state index in [2.05, 4.69) is 10.4 Å². The average Bonchev–Trinajstić information content (AvgIpc) is 2.68. The van der Waals surface area contributed by atoms with Gasteiger partial charge in [-0.25, -0.2) is 4.79 Å². The van der Waals surface area contributed by atoms with Gasteiger partial charge in [0.25, 0.3) is 5.91 Å². The molecule has 0 saturated carbocycles. The van der Waals surface area contributed by atoms with Crippen molar-refractivity contribution in [2.45, 2.75) is 25.8 Å². The predicted octanol–water partition coefficient (Wildman–Crippen LogP) is 1.75. The Morgan fingerprint density at radius 1 is 1.35 bits per heavy atom. The van der Waals surface area contributed by atoms with E-state index in [1.54, 1.807) is 38.3 Å². The molecular formula is C14H17N3O3. The number of ether oxygens (including phenoxy) is 1. The molecule has 0 spiro atoms. The van der Waals surface area contributed by atoms with E-state index < -0.39 is 11.6 Å². The monoisotopic (exact) mass is 275 g/mol. The first-order valence-electron chi connectivity index (χ1n) is 6.35. The van der Waals surface area contributed by atoms with Crippen LogP contribution in [0.4, 0.5) is 4.79 Å². The number of urea groups is 1. The molecule has 1 atom stereocenters. The molecule has 0 aromatic heterocycles. The van der Waals surface area contributed by atoms with Gasteiger partial charge in [-0.3, -0.25) is 4.79 Å². The normalized spacial score (nSPS) is 22.4. The van der Waals surface area contributed by atoms with Gasteiger partial charge in [0.2, 0.25) is 0 Å². The van der Waals surface area contributed by atoms with E-state index in [0.29, 0.717) is 6.42 Å². The second-order valence-corrected chi connectivity index (χ2v) is 4.75. The smallest absolute Gasteiger partial charge is 0.346 e. The zero-order valence-electron chi connectivity index (χ0n) is 11.7. The Morgan fingerprint density at radius 2 is 2.00 bits per heavy atom. The van der Waals surface area contributed by atoms with E-state index in [4.69, 9.17) is 4.74 Å². The molecule has 3 amide bonds. The summed E-state index contributed by atoms with van der Waals surface area (Å²) in [5.74, 6) is 0.394. The number of carbonyl (C=O) groups is 2. The van der Waals surface area contributed by atoms with Gasteiger partial charge in [-0.2, -0.15) is 5.10 Å². The number of carbonyl (C=O) groups excluding carboxylic acids is 2. The van der Waals surface area contributed by atoms with Gasteiger partial charge in [-0.15, -0.1) is 5.01 Å². The molecule has 1 N–H and O–H groups in total. The van der Waals surface area contributed by atoms with Crippen LogP contribution in [0.15, 0.2) is 29.4 Å². The SMILES string of the molecule is CC[C@]1(C)NC(=O)N(/N=C\c2ccc(OC)cc2)C1=O. The lowest BCUT2D eigenvalue weighted by atomic mass is 10.00. The summed E-state index contributed by atoms with van der Waals surface area (Å²) < 4.78 is 5.05. The van der Waals surface area contributed by atoms with Crippen LogP contribution in [0.2, 0.25) is 0 Å². The first-order valence-corrected chi connectivity index (χ1v) is 6.35. The highest BCUT2D eigenvalue weighted by atomic mass is 16.5. The van der Waals surface area contributed by atoms with Crippen LogP contribution in [-0.4, -0.2) is 35.8 Å². The number of hydrogen-bond donors (Lipinski definition) is 1. The zero-order valence-corrected chi connectivity index (χ0v) is 11.7. The highest BCUT2D eigenvalue weighted by Crippen LogP contribution is 2.21. The fourth-order valence-electron chi connectivity index (χ4n) is 1.83. The molecule has 1 aromatic rings. The summed E-state index contributed by atoms with van der Waals surface area (Å²) in [4.78, 5) is 23.8. The number of methoxy groups -OCH3 is 1. The van der Waals surface area contributed by atoms with Crippen molar-refractivity contribution in [1.82, 2.24) is 10.3 Å². The number of hydrazone groups is 1. The fourth-order valence-corrected chi connectivity index (χ4v) is 1.83. The number of hydrogen-bond acceptors (Lipinski definition) is 4. The molecule has 6 heteroatoms. The first-order chi connectivity index (χ1) is 9.50. The lowest BCUT2D eigenvalue weighted by molar-refractivity contribution is -0.130. The number of benzene rings is 1. The zero-order chi connectivity index (χ0) is 14.8. The van der Waals surface area contributed by atoms with Crippen LogP contribution in [0.5, 0.6) is 5.75 Å². The van der Waals surface area contributed by atoms with Gasteiger partial charge in [0.05, 0.1) is 13.3 Å². The van der Waals surface area contributed by atoms with Crippen molar-refractivity contribution < 1.29 is 14.3 Å². The van der Waals surface area contributed by atoms with Gasteiger partial charge in [-0.1, -0.05) is 6.92 Å². The second kappa shape index (κ2) is 5.32. The third-order valence-electron chi connectivity index (χ3n) is 3.38. The number of amides is 3. The molecule has 1 heterocycles. The van der Waals surface area contributed by atoms with Crippen molar-refractivity contribution in [2.24, 2.45) is 5.10 Å². The molecule has 1 aliphatic rings. The molecule has 1 aromatic carbocycles. The van der Waals surface area contributed by atoms with Gasteiger partial charge in [0.1, 0.15) is 11.3 Å². The summed E-state index contributed by atoms with van der Waals surface area (Å²) in [6.45, 7) is 3.53. The molecule has 20 heavy (non-hydrogen) atoms. The molecule has 0 radical (unpaired) electrons. The fraction of sp³-hybridized carbons (Fsp3) is 0.357. The minimum Gasteiger partial charge on any atom is -0.497 e. The molecular weight excluding hydrogens is 258 g/mol. The van der Waals surface area contributed by atoms with Crippen molar-refractivity contribution in [3.05, 3.63) is 29.8 Å². The summed E-state index contributed by atoms with van der Waals surface area (Å²) in [6.07, 6.45) is 1.99. The van der Waals surface area contributed by atoms with E-state index in [1.807, 2.05) is 6.92 Å². The average molecular weight is 275 g/mol. The number of nitrogens with zero attached hydrogens (tertiary/aromatic N) is 2. The number of imide groups is 1. The Labute approximate surface area is 117 Å². The maximum absolute atomic E-state index is 12.1. The molecule has 1 aliphatic heterocycles. The van der Waals surface area contributed by atoms with E-state index >= 15 is 0 Å². The summed E-state index contributed by atoms with van der Waals surface area (Å²) in [6, 6.07) is 6.65. The van der Waals surface area contributed by atoms with Crippen molar-refractivity contribution in [3.8, 4) is 5.75 Å². The van der Waals surface area contributed by atoms with Crippen molar-refractivity contribution in [2.75, 3.05) is 7.11 Å². The largest absolute Gasteiger partial charge is 0.497 e. The molecule has 1 saturated heterocycles. The Bertz CT molecular complexity index is 553. The molecule has 6 nitrogen and oxygen atoms in total. The van der Waals surface area contributed by atoms with Crippen LogP contribution >= 0.6 is 0 Å². The van der Waals surface area contributed by atoms with Crippen LogP contribution in [0.25, 0.3) is 0 Å². The highest BCUT2D eigenvalue weighted by Gasteiger charge is 2.46. The molecule has 106 valence electrons. The Hall–Kier alpha value is -2.37. The summed E-state index contributed by atoms with van der Waals surface area (Å²) in [5, 5.41) is 7.47. The standard InChI is InChI=1S/C14H17N3O3/c1-4-14(2)12(18)17(13(19)16-14)15-9-10-5-7-11(20-3)8-6-10/h5-9H,4H2,1-3H3,(H,16,19)/b15-9-/t14-/m0/s1. The first kappa shape index (κ1) is 14.0. The number of nitrogens with one attached hydrogen (secondary N) is 1. The van der Waals surface area contributed by atoms with Crippen LogP contribution in [0.1, 0.15) is 25.8 Å². The molecule has 2 rings (SSSR count). The number of rotatable bonds is 4. The van der Waals surface area contributed by atoms with Gasteiger partial charge >= 0.3 is 6.03 Å². The Kier molecular flexibility index (Phi) is 3.74. The minimum atomic E-state index is -0.867. The highest BCUT2D eigenvalue weighted by molar-refractivity contribution is 6.07. The summed E-state index contributed by atoms with van der Waals surface area (Å²) in [5.41, 5.74) is -0.0922. The van der Waals surface area contributed by atoms with Gasteiger partial charge < -0.3 is 10.1 Å². The van der Waals surface area contributed by atoms with Gasteiger partial charge in [0.15, 0.2) is 0 Å². The maximum Gasteiger partial charge on any atom is 0.346 e. The van der Waals surface area contributed by atoms with E-state index in [0.717, 1.165) is 16.3 Å². The second-order valence-electron chi connectivity index (χ2n) is 4.75. The summed E-state index contributed by atoms with van der Waals surface area (Å²) in [7, 11) is 1.59. The van der Waals surface area contributed by atoms with Crippen molar-refractivity contribution in [1.29, 1.82) is 0 Å². The predicted molar refractivity (Wildman–Crippen MR) is 74.7 cm³/mol. The lowest BCUT2D eigenvalue weighted by Gasteiger charge is -2.17. The van der Waals surface area contributed by atoms with E-state index in [-0.39, 0.29) is 5.91 Å². The maximum atomic E-state index is 12.1. The van der Waals surface area contributed by atoms with Crippen molar-refractivity contribution in [3.63, 3.8) is 0 Å². The molecule has 0 unspecified atom stereocenters. The Morgan fingerprint density at radius 3 is 2.50 bits per heavy atom. The molecule has 0 bridgehead atoms. The van der Waals surface area contributed by atoms with Gasteiger partial charge in [0, 0.05) is 0 Å². The molecule has 1 fully saturated rings. The lowest BCUT2D eigenvalue weighted by Crippen LogP contribution is -2.42. The van der Waals surface area contributed by atoms with Crippen LogP contribution in [0, 0.1) is 0 Å². The van der Waals surface area contributed by atoms with Crippen molar-refractivity contribution >= 4 is 18.2 Å². The minimum absolute atomic E-state index is 0.338. The van der Waals surface area contributed by atoms with E-state index in [1.165, 1.54) is 6.21 Å². The van der Waals surface area contributed by atoms with Crippen LogP contribution in [-0.2, 0) is 4.79 Å². The molecule has 0 aliphatic carbocycles. The van der Waals surface area contributed by atoms with Gasteiger partial charge in [-0.05, 0) is 43.2 Å². The Balaban J connectivity index is 2.14. The third-order valence-corrected chi connectivity index (χ3v) is 3.38. The summed E-state index contributed by atoms with van der Waals surface area (Å²) >= 11 is 0.